The van der Waals surface area contributed by atoms with Crippen molar-refractivity contribution in [2.45, 2.75) is 32.3 Å². The molecule has 3 rings (SSSR count). The Morgan fingerprint density at radius 3 is 2.75 bits per heavy atom. The maximum absolute atomic E-state index is 6.29. The number of aromatic nitrogens is 2. The predicted molar refractivity (Wildman–Crippen MR) is 96.0 cm³/mol. The van der Waals surface area contributed by atoms with E-state index in [2.05, 4.69) is 34.2 Å². The highest BCUT2D eigenvalue weighted by Crippen LogP contribution is 2.33. The Morgan fingerprint density at radius 1 is 1.25 bits per heavy atom. The van der Waals surface area contributed by atoms with Crippen molar-refractivity contribution in [3.05, 3.63) is 18.2 Å². The zero-order valence-corrected chi connectivity index (χ0v) is 14.7. The third-order valence-electron chi connectivity index (χ3n) is 4.30. The number of rotatable bonds is 6. The molecule has 1 N–H and O–H groups in total. The Balaban J connectivity index is 1.90. The molecule has 1 aliphatic rings. The lowest BCUT2D eigenvalue weighted by atomic mass is 10.1. The minimum absolute atomic E-state index is 0.243. The van der Waals surface area contributed by atoms with Crippen LogP contribution in [0.25, 0.3) is 10.9 Å². The van der Waals surface area contributed by atoms with Crippen molar-refractivity contribution in [2.24, 2.45) is 0 Å². The van der Waals surface area contributed by atoms with Crippen molar-refractivity contribution in [2.75, 3.05) is 39.1 Å². The molecular formula is C18H26N4O2. The predicted octanol–water partition coefficient (Wildman–Crippen LogP) is 2.93. The smallest absolute Gasteiger partial charge is 0.318 e. The SMILES string of the molecule is CCCOc1nc(NC)c2c(OC3CCN(C)CC3)cccc2n1. The molecule has 0 saturated carbocycles. The maximum atomic E-state index is 6.29. The van der Waals surface area contributed by atoms with Crippen LogP contribution in [0, 0.1) is 0 Å². The molecule has 2 aromatic rings. The molecule has 1 aromatic carbocycles. The molecular weight excluding hydrogens is 304 g/mol. The summed E-state index contributed by atoms with van der Waals surface area (Å²) >= 11 is 0. The van der Waals surface area contributed by atoms with Crippen molar-refractivity contribution >= 4 is 16.7 Å². The van der Waals surface area contributed by atoms with Gasteiger partial charge in [0.25, 0.3) is 0 Å². The highest BCUT2D eigenvalue weighted by Gasteiger charge is 2.20. The van der Waals surface area contributed by atoms with E-state index in [0.29, 0.717) is 12.6 Å². The molecule has 130 valence electrons. The molecule has 1 fully saturated rings. The van der Waals surface area contributed by atoms with Gasteiger partial charge in [-0.2, -0.15) is 9.97 Å². The minimum atomic E-state index is 0.243. The van der Waals surface area contributed by atoms with Crippen LogP contribution < -0.4 is 14.8 Å². The second-order valence-corrected chi connectivity index (χ2v) is 6.22. The van der Waals surface area contributed by atoms with Gasteiger partial charge in [0.15, 0.2) is 0 Å². The topological polar surface area (TPSA) is 59.5 Å². The fraction of sp³-hybridized carbons (Fsp3) is 0.556. The van der Waals surface area contributed by atoms with Crippen molar-refractivity contribution in [3.63, 3.8) is 0 Å². The maximum Gasteiger partial charge on any atom is 0.318 e. The van der Waals surface area contributed by atoms with E-state index in [1.807, 2.05) is 25.2 Å². The number of ether oxygens (including phenoxy) is 2. The zero-order chi connectivity index (χ0) is 16.9. The first-order valence-electron chi connectivity index (χ1n) is 8.67. The van der Waals surface area contributed by atoms with Crippen LogP contribution in [0.4, 0.5) is 5.82 Å². The third-order valence-corrected chi connectivity index (χ3v) is 4.30. The zero-order valence-electron chi connectivity index (χ0n) is 14.7. The molecule has 0 aliphatic carbocycles. The highest BCUT2D eigenvalue weighted by atomic mass is 16.5. The Bertz CT molecular complexity index is 684. The van der Waals surface area contributed by atoms with E-state index in [-0.39, 0.29) is 6.10 Å². The van der Waals surface area contributed by atoms with Crippen LogP contribution in [0.15, 0.2) is 18.2 Å². The van der Waals surface area contributed by atoms with E-state index in [1.54, 1.807) is 0 Å². The van der Waals surface area contributed by atoms with Gasteiger partial charge in [-0.25, -0.2) is 0 Å². The number of benzene rings is 1. The fourth-order valence-electron chi connectivity index (χ4n) is 2.95. The van der Waals surface area contributed by atoms with E-state index < -0.39 is 0 Å². The Morgan fingerprint density at radius 2 is 2.04 bits per heavy atom. The summed E-state index contributed by atoms with van der Waals surface area (Å²) in [6.45, 7) is 4.81. The number of nitrogens with zero attached hydrogens (tertiary/aromatic N) is 3. The summed E-state index contributed by atoms with van der Waals surface area (Å²) in [5.41, 5.74) is 0.839. The molecule has 0 atom stereocenters. The van der Waals surface area contributed by atoms with Gasteiger partial charge in [-0.1, -0.05) is 13.0 Å². The average molecular weight is 330 g/mol. The van der Waals surface area contributed by atoms with Crippen molar-refractivity contribution in [3.8, 4) is 11.8 Å². The molecule has 6 heteroatoms. The molecule has 1 aromatic heterocycles. The number of piperidine rings is 1. The molecule has 0 unspecified atom stereocenters. The molecule has 1 aliphatic heterocycles. The molecule has 2 heterocycles. The van der Waals surface area contributed by atoms with Crippen LogP contribution in [-0.2, 0) is 0 Å². The van der Waals surface area contributed by atoms with Crippen molar-refractivity contribution < 1.29 is 9.47 Å². The average Bonchev–Trinajstić information content (AvgIpc) is 2.61. The van der Waals surface area contributed by atoms with Gasteiger partial charge >= 0.3 is 6.01 Å². The Kier molecular flexibility index (Phi) is 5.35. The van der Waals surface area contributed by atoms with Crippen LogP contribution in [-0.4, -0.2) is 54.8 Å². The molecule has 0 amide bonds. The summed E-state index contributed by atoms with van der Waals surface area (Å²) in [4.78, 5) is 11.4. The summed E-state index contributed by atoms with van der Waals surface area (Å²) in [7, 11) is 4.01. The van der Waals surface area contributed by atoms with Crippen molar-refractivity contribution in [1.29, 1.82) is 0 Å². The number of nitrogens with one attached hydrogen (secondary N) is 1. The van der Waals surface area contributed by atoms with Crippen molar-refractivity contribution in [1.82, 2.24) is 14.9 Å². The van der Waals surface area contributed by atoms with Crippen LogP contribution in [0.1, 0.15) is 26.2 Å². The number of anilines is 1. The lowest BCUT2D eigenvalue weighted by Crippen LogP contribution is -2.35. The van der Waals surface area contributed by atoms with Gasteiger partial charge in [0.1, 0.15) is 17.7 Å². The Labute approximate surface area is 143 Å². The molecule has 1 saturated heterocycles. The molecule has 24 heavy (non-hydrogen) atoms. The van der Waals surface area contributed by atoms with E-state index in [4.69, 9.17) is 9.47 Å². The minimum Gasteiger partial charge on any atom is -0.489 e. The third kappa shape index (κ3) is 3.70. The van der Waals surface area contributed by atoms with Crippen LogP contribution in [0.2, 0.25) is 0 Å². The first-order valence-corrected chi connectivity index (χ1v) is 8.67. The van der Waals surface area contributed by atoms with E-state index in [9.17, 15) is 0 Å². The lowest BCUT2D eigenvalue weighted by molar-refractivity contribution is 0.116. The summed E-state index contributed by atoms with van der Waals surface area (Å²) in [6, 6.07) is 6.35. The van der Waals surface area contributed by atoms with E-state index in [1.165, 1.54) is 0 Å². The lowest BCUT2D eigenvalue weighted by Gasteiger charge is -2.29. The largest absolute Gasteiger partial charge is 0.489 e. The first-order chi connectivity index (χ1) is 11.7. The number of hydrogen-bond acceptors (Lipinski definition) is 6. The summed E-state index contributed by atoms with van der Waals surface area (Å²) in [5.74, 6) is 1.59. The van der Waals surface area contributed by atoms with Gasteiger partial charge in [0.2, 0.25) is 0 Å². The Hall–Kier alpha value is -2.08. The standard InChI is InChI=1S/C18H26N4O2/c1-4-12-23-18-20-14-6-5-7-15(16(14)17(19-2)21-18)24-13-8-10-22(3)11-9-13/h5-7,13H,4,8-12H2,1-3H3,(H,19,20,21). The second kappa shape index (κ2) is 7.66. The number of hydrogen-bond donors (Lipinski definition) is 1. The molecule has 0 radical (unpaired) electrons. The van der Waals surface area contributed by atoms with Gasteiger partial charge in [-0.3, -0.25) is 0 Å². The first kappa shape index (κ1) is 16.8. The second-order valence-electron chi connectivity index (χ2n) is 6.22. The van der Waals surface area contributed by atoms with Gasteiger partial charge in [-0.05, 0) is 38.4 Å². The van der Waals surface area contributed by atoms with Crippen LogP contribution >= 0.6 is 0 Å². The van der Waals surface area contributed by atoms with Gasteiger partial charge < -0.3 is 19.7 Å². The normalized spacial score (nSPS) is 16.3. The summed E-state index contributed by atoms with van der Waals surface area (Å²) < 4.78 is 11.9. The summed E-state index contributed by atoms with van der Waals surface area (Å²) in [5, 5.41) is 4.07. The highest BCUT2D eigenvalue weighted by molar-refractivity contribution is 5.94. The van der Waals surface area contributed by atoms with Crippen LogP contribution in [0.3, 0.4) is 0 Å². The van der Waals surface area contributed by atoms with Gasteiger partial charge in [0.05, 0.1) is 17.5 Å². The fourth-order valence-corrected chi connectivity index (χ4v) is 2.95. The molecule has 0 bridgehead atoms. The van der Waals surface area contributed by atoms with Gasteiger partial charge in [-0.15, -0.1) is 0 Å². The van der Waals surface area contributed by atoms with Gasteiger partial charge in [0, 0.05) is 20.1 Å². The number of fused-ring (bicyclic) bond motifs is 1. The monoisotopic (exact) mass is 330 g/mol. The molecule has 6 nitrogen and oxygen atoms in total. The van der Waals surface area contributed by atoms with Crippen LogP contribution in [0.5, 0.6) is 11.8 Å². The molecule has 0 spiro atoms. The van der Waals surface area contributed by atoms with E-state index >= 15 is 0 Å². The summed E-state index contributed by atoms with van der Waals surface area (Å²) in [6.07, 6.45) is 3.25. The van der Waals surface area contributed by atoms with E-state index in [0.717, 1.165) is 54.8 Å². The quantitative estimate of drug-likeness (QED) is 0.879. The number of likely N-dealkylation sites (tertiary alicyclic amines) is 1.